The van der Waals surface area contributed by atoms with Gasteiger partial charge >= 0.3 is 11.9 Å². The number of Topliss-reactive ketones (excluding diaryl/α,β-unsaturated/α-hetero) is 1. The molecule has 0 heterocycles. The number of benzene rings is 1. The average molecular weight is 368 g/mol. The Labute approximate surface area is 117 Å². The van der Waals surface area contributed by atoms with E-state index in [2.05, 4.69) is 4.74 Å². The molecule has 0 N–H and O–H groups in total. The number of ether oxygens (including phenoxy) is 1. The number of carbonyl (C=O) groups excluding carboxylic acids is 2. The number of hydrogen-bond donors (Lipinski definition) is 0. The maximum Gasteiger partial charge on any atom is 0.318 e. The molecule has 0 aliphatic heterocycles. The summed E-state index contributed by atoms with van der Waals surface area (Å²) in [6.07, 6.45) is -0.867. The first-order chi connectivity index (χ1) is 8.38. The molecule has 1 aromatic carbocycles. The van der Waals surface area contributed by atoms with Crippen molar-refractivity contribution in [1.29, 1.82) is 0 Å². The summed E-state index contributed by atoms with van der Waals surface area (Å²) in [6.45, 7) is 0. The summed E-state index contributed by atoms with van der Waals surface area (Å²) in [4.78, 5) is 22.7. The van der Waals surface area contributed by atoms with Gasteiger partial charge < -0.3 is 4.74 Å². The molecule has 0 aliphatic carbocycles. The van der Waals surface area contributed by atoms with Crippen molar-refractivity contribution in [2.75, 3.05) is 7.11 Å². The number of halogens is 3. The van der Waals surface area contributed by atoms with Crippen molar-refractivity contribution in [1.82, 2.24) is 0 Å². The second-order valence-corrected chi connectivity index (χ2v) is 5.10. The van der Waals surface area contributed by atoms with Crippen LogP contribution in [0.25, 0.3) is 0 Å². The van der Waals surface area contributed by atoms with Crippen LogP contribution in [0.3, 0.4) is 0 Å². The third-order valence-electron chi connectivity index (χ3n) is 2.26. The van der Waals surface area contributed by atoms with Gasteiger partial charge in [0.05, 0.1) is 7.11 Å². The molecule has 18 heavy (non-hydrogen) atoms. The van der Waals surface area contributed by atoms with Crippen molar-refractivity contribution in [2.45, 2.75) is 16.3 Å². The van der Waals surface area contributed by atoms with Gasteiger partial charge in [0.2, 0.25) is 5.78 Å². The molecule has 98 valence electrons. The molecule has 1 atom stereocenters. The Morgan fingerprint density at radius 3 is 2.39 bits per heavy atom. The summed E-state index contributed by atoms with van der Waals surface area (Å²) >= 11 is 1.54. The summed E-state index contributed by atoms with van der Waals surface area (Å²) < 4.78 is 30.7. The highest BCUT2D eigenvalue weighted by Gasteiger charge is 2.42. The van der Waals surface area contributed by atoms with Gasteiger partial charge in [-0.05, 0) is 0 Å². The number of rotatable bonds is 5. The molecular formula is C12H11F2IO3. The molecule has 0 saturated carbocycles. The number of hydrogen-bond acceptors (Lipinski definition) is 3. The Kier molecular flexibility index (Phi) is 5.18. The first-order valence-corrected chi connectivity index (χ1v) is 6.32. The van der Waals surface area contributed by atoms with E-state index < -0.39 is 28.0 Å². The third kappa shape index (κ3) is 3.72. The van der Waals surface area contributed by atoms with Crippen LogP contribution in [0.1, 0.15) is 16.8 Å². The Hall–Kier alpha value is -1.05. The summed E-state index contributed by atoms with van der Waals surface area (Å²) in [5.41, 5.74) is -0.0732. The molecule has 0 saturated heterocycles. The fourth-order valence-corrected chi connectivity index (χ4v) is 2.14. The van der Waals surface area contributed by atoms with Crippen LogP contribution in [0.5, 0.6) is 0 Å². The largest absolute Gasteiger partial charge is 0.468 e. The van der Waals surface area contributed by atoms with E-state index in [4.69, 9.17) is 0 Å². The molecule has 0 aliphatic rings. The Balaban J connectivity index is 2.81. The second kappa shape index (κ2) is 6.21. The van der Waals surface area contributed by atoms with Crippen LogP contribution in [0.2, 0.25) is 0 Å². The fraction of sp³-hybridized carbons (Fsp3) is 0.333. The second-order valence-electron chi connectivity index (χ2n) is 3.59. The van der Waals surface area contributed by atoms with Crippen LogP contribution < -0.4 is 0 Å². The minimum absolute atomic E-state index is 0.0732. The van der Waals surface area contributed by atoms with Gasteiger partial charge in [0, 0.05) is 12.0 Å². The summed E-state index contributed by atoms with van der Waals surface area (Å²) in [7, 11) is 1.12. The minimum atomic E-state index is -3.58. The molecule has 6 heteroatoms. The van der Waals surface area contributed by atoms with Crippen molar-refractivity contribution in [3.8, 4) is 0 Å². The molecule has 1 rings (SSSR count). The van der Waals surface area contributed by atoms with E-state index in [-0.39, 0.29) is 5.56 Å². The van der Waals surface area contributed by atoms with Crippen molar-refractivity contribution in [3.05, 3.63) is 35.9 Å². The highest BCUT2D eigenvalue weighted by atomic mass is 127. The molecule has 0 spiro atoms. The Bertz CT molecular complexity index is 434. The van der Waals surface area contributed by atoms with Crippen LogP contribution in [0, 0.1) is 0 Å². The highest BCUT2D eigenvalue weighted by molar-refractivity contribution is 14.1. The number of alkyl halides is 3. The zero-order valence-corrected chi connectivity index (χ0v) is 11.7. The highest BCUT2D eigenvalue weighted by Crippen LogP contribution is 2.28. The van der Waals surface area contributed by atoms with Crippen LogP contribution in [0.4, 0.5) is 8.78 Å². The quantitative estimate of drug-likeness (QED) is 0.348. The third-order valence-corrected chi connectivity index (χ3v) is 3.21. The van der Waals surface area contributed by atoms with E-state index in [1.165, 1.54) is 46.9 Å². The molecule has 0 radical (unpaired) electrons. The summed E-state index contributed by atoms with van der Waals surface area (Å²) in [5.74, 6) is -5.63. The fourth-order valence-electron chi connectivity index (χ4n) is 1.33. The zero-order chi connectivity index (χ0) is 13.8. The maximum atomic E-state index is 13.7. The molecule has 0 amide bonds. The predicted octanol–water partition coefficient (Wildman–Crippen LogP) is 2.87. The van der Waals surface area contributed by atoms with Crippen molar-refractivity contribution in [3.63, 3.8) is 0 Å². The van der Waals surface area contributed by atoms with E-state index in [1.807, 2.05) is 0 Å². The topological polar surface area (TPSA) is 43.4 Å². The molecule has 1 aromatic rings. The maximum absolute atomic E-state index is 13.7. The lowest BCUT2D eigenvalue weighted by Gasteiger charge is -2.17. The molecule has 0 bridgehead atoms. The summed E-state index contributed by atoms with van der Waals surface area (Å²) in [5, 5.41) is 0. The summed E-state index contributed by atoms with van der Waals surface area (Å²) in [6, 6.07) is 7.27. The smallest absolute Gasteiger partial charge is 0.318 e. The van der Waals surface area contributed by atoms with Crippen LogP contribution in [-0.2, 0) is 9.53 Å². The van der Waals surface area contributed by atoms with Crippen LogP contribution in [0.15, 0.2) is 30.3 Å². The minimum Gasteiger partial charge on any atom is -0.468 e. The number of carbonyl (C=O) groups is 2. The number of ketones is 1. The lowest BCUT2D eigenvalue weighted by atomic mass is 10.0. The van der Waals surface area contributed by atoms with Gasteiger partial charge in [-0.15, -0.1) is 0 Å². The lowest BCUT2D eigenvalue weighted by molar-refractivity contribution is -0.140. The van der Waals surface area contributed by atoms with E-state index in [0.29, 0.717) is 0 Å². The Morgan fingerprint density at radius 1 is 1.33 bits per heavy atom. The molecule has 1 unspecified atom stereocenters. The van der Waals surface area contributed by atoms with Gasteiger partial charge in [0.15, 0.2) is 0 Å². The molecular weight excluding hydrogens is 357 g/mol. The van der Waals surface area contributed by atoms with Crippen molar-refractivity contribution >= 4 is 34.3 Å². The molecule has 0 aromatic heterocycles. The van der Waals surface area contributed by atoms with Gasteiger partial charge in [0.1, 0.15) is 3.92 Å². The van der Waals surface area contributed by atoms with Crippen molar-refractivity contribution in [2.24, 2.45) is 0 Å². The lowest BCUT2D eigenvalue weighted by Crippen LogP contribution is -2.34. The van der Waals surface area contributed by atoms with E-state index in [9.17, 15) is 18.4 Å². The number of esters is 1. The van der Waals surface area contributed by atoms with E-state index >= 15 is 0 Å². The zero-order valence-electron chi connectivity index (χ0n) is 9.53. The normalized spacial score (nSPS) is 12.9. The van der Waals surface area contributed by atoms with Crippen LogP contribution in [-0.4, -0.2) is 28.7 Å². The van der Waals surface area contributed by atoms with Gasteiger partial charge in [-0.25, -0.2) is 0 Å². The van der Waals surface area contributed by atoms with Gasteiger partial charge in [-0.3, -0.25) is 9.59 Å². The average Bonchev–Trinajstić information content (AvgIpc) is 2.37. The first-order valence-electron chi connectivity index (χ1n) is 5.08. The van der Waals surface area contributed by atoms with E-state index in [1.54, 1.807) is 6.07 Å². The molecule has 3 nitrogen and oxygen atoms in total. The number of methoxy groups -OCH3 is 1. The van der Waals surface area contributed by atoms with Crippen molar-refractivity contribution < 1.29 is 23.1 Å². The van der Waals surface area contributed by atoms with Gasteiger partial charge in [0.25, 0.3) is 0 Å². The SMILES string of the molecule is COC(=O)C(I)CC(F)(F)C(=O)c1ccccc1. The first kappa shape index (κ1) is 15.0. The predicted molar refractivity (Wildman–Crippen MR) is 70.2 cm³/mol. The standard InChI is InChI=1S/C12H11F2IO3/c1-18-11(17)9(15)7-12(13,14)10(16)8-5-3-2-4-6-8/h2-6,9H,7H2,1H3. The monoisotopic (exact) mass is 368 g/mol. The Morgan fingerprint density at radius 2 is 1.89 bits per heavy atom. The van der Waals surface area contributed by atoms with Gasteiger partial charge in [-0.2, -0.15) is 8.78 Å². The van der Waals surface area contributed by atoms with Crippen LogP contribution >= 0.6 is 22.6 Å². The molecule has 0 fully saturated rings. The van der Waals surface area contributed by atoms with Gasteiger partial charge in [-0.1, -0.05) is 52.9 Å². The van der Waals surface area contributed by atoms with E-state index in [0.717, 1.165) is 7.11 Å².